The van der Waals surface area contributed by atoms with Gasteiger partial charge >= 0.3 is 6.18 Å². The molecule has 2 heterocycles. The lowest BCUT2D eigenvalue weighted by Crippen LogP contribution is -2.33. The van der Waals surface area contributed by atoms with Crippen molar-refractivity contribution in [3.05, 3.63) is 28.5 Å². The monoisotopic (exact) mass is 438 g/mol. The molecule has 0 atom stereocenters. The van der Waals surface area contributed by atoms with Gasteiger partial charge in [0, 0.05) is 12.0 Å². The maximum absolute atomic E-state index is 13.3. The predicted octanol–water partition coefficient (Wildman–Crippen LogP) is 4.06. The lowest BCUT2D eigenvalue weighted by Gasteiger charge is -2.34. The van der Waals surface area contributed by atoms with Crippen LogP contribution in [-0.2, 0) is 10.9 Å². The van der Waals surface area contributed by atoms with E-state index in [2.05, 4.69) is 26.2 Å². The lowest BCUT2D eigenvalue weighted by atomic mass is 9.89. The third kappa shape index (κ3) is 3.72. The van der Waals surface area contributed by atoms with Crippen LogP contribution in [0.2, 0.25) is 0 Å². The number of anilines is 1. The van der Waals surface area contributed by atoms with Crippen LogP contribution in [0.5, 0.6) is 0 Å². The zero-order chi connectivity index (χ0) is 18.2. The quantitative estimate of drug-likeness (QED) is 0.660. The van der Waals surface area contributed by atoms with E-state index in [1.807, 2.05) is 6.92 Å². The minimum absolute atomic E-state index is 0.0358. The minimum atomic E-state index is -4.68. The van der Waals surface area contributed by atoms with Gasteiger partial charge in [-0.3, -0.25) is 9.48 Å². The summed E-state index contributed by atoms with van der Waals surface area (Å²) in [5.74, 6) is -0.688. The van der Waals surface area contributed by atoms with Gasteiger partial charge in [0.15, 0.2) is 5.69 Å². The molecule has 1 aliphatic carbocycles. The Morgan fingerprint density at radius 1 is 1.52 bits per heavy atom. The standard InChI is InChI=1S/C14H14BrF3N4O2S/c1-2-24-9-3-8(4-9)21-5-11(12(20-21)14(16,17)18)22(15)13(23)10-6-25-7-19-10/h5-9H,2-4H2,1H3. The molecular formula is C14H14BrF3N4O2S. The van der Waals surface area contributed by atoms with Crippen LogP contribution >= 0.6 is 27.5 Å². The summed E-state index contributed by atoms with van der Waals surface area (Å²) in [7, 11) is 0. The number of aromatic nitrogens is 3. The van der Waals surface area contributed by atoms with E-state index >= 15 is 0 Å². The highest BCUT2D eigenvalue weighted by Gasteiger charge is 2.42. The molecule has 1 aliphatic rings. The minimum Gasteiger partial charge on any atom is -0.378 e. The zero-order valence-corrected chi connectivity index (χ0v) is 15.4. The molecule has 0 aliphatic heterocycles. The molecular weight excluding hydrogens is 425 g/mol. The summed E-state index contributed by atoms with van der Waals surface area (Å²) >= 11 is 4.11. The van der Waals surface area contributed by atoms with Crippen LogP contribution in [0.15, 0.2) is 17.1 Å². The first-order chi connectivity index (χ1) is 11.8. The van der Waals surface area contributed by atoms with Crippen molar-refractivity contribution in [3.63, 3.8) is 0 Å². The molecule has 0 bridgehead atoms. The maximum atomic E-state index is 13.3. The molecule has 25 heavy (non-hydrogen) atoms. The van der Waals surface area contributed by atoms with Crippen LogP contribution in [0.3, 0.4) is 0 Å². The molecule has 2 aromatic rings. The van der Waals surface area contributed by atoms with Crippen LogP contribution < -0.4 is 3.93 Å². The highest BCUT2D eigenvalue weighted by molar-refractivity contribution is 9.10. The summed E-state index contributed by atoms with van der Waals surface area (Å²) in [5.41, 5.74) is 0.0192. The van der Waals surface area contributed by atoms with E-state index in [4.69, 9.17) is 4.74 Å². The second-order valence-corrected chi connectivity index (χ2v) is 6.93. The van der Waals surface area contributed by atoms with Crippen LogP contribution in [0, 0.1) is 0 Å². The molecule has 11 heteroatoms. The van der Waals surface area contributed by atoms with Crippen molar-refractivity contribution in [2.75, 3.05) is 10.5 Å². The molecule has 0 unspecified atom stereocenters. The van der Waals surface area contributed by atoms with Crippen molar-refractivity contribution < 1.29 is 22.7 Å². The zero-order valence-electron chi connectivity index (χ0n) is 13.0. The Morgan fingerprint density at radius 3 is 2.80 bits per heavy atom. The molecule has 1 saturated carbocycles. The molecule has 136 valence electrons. The van der Waals surface area contributed by atoms with E-state index < -0.39 is 17.8 Å². The van der Waals surface area contributed by atoms with Crippen molar-refractivity contribution in [2.24, 2.45) is 0 Å². The Labute approximate surface area is 153 Å². The average molecular weight is 439 g/mol. The highest BCUT2D eigenvalue weighted by atomic mass is 79.9. The van der Waals surface area contributed by atoms with Crippen molar-refractivity contribution in [1.82, 2.24) is 14.8 Å². The average Bonchev–Trinajstić information content (AvgIpc) is 3.17. The topological polar surface area (TPSA) is 60.2 Å². The molecule has 0 N–H and O–H groups in total. The van der Waals surface area contributed by atoms with E-state index in [9.17, 15) is 18.0 Å². The first-order valence-electron chi connectivity index (χ1n) is 7.47. The molecule has 2 aromatic heterocycles. The molecule has 0 aromatic carbocycles. The van der Waals surface area contributed by atoms with E-state index in [-0.39, 0.29) is 23.5 Å². The lowest BCUT2D eigenvalue weighted by molar-refractivity contribution is -0.141. The smallest absolute Gasteiger partial charge is 0.378 e. The number of carbonyl (C=O) groups excluding carboxylic acids is 1. The molecule has 6 nitrogen and oxygen atoms in total. The number of alkyl halides is 3. The first kappa shape index (κ1) is 18.3. The summed E-state index contributed by atoms with van der Waals surface area (Å²) in [5, 5.41) is 5.14. The van der Waals surface area contributed by atoms with E-state index in [1.54, 1.807) is 0 Å². The van der Waals surface area contributed by atoms with Crippen molar-refractivity contribution in [2.45, 2.75) is 38.1 Å². The van der Waals surface area contributed by atoms with Crippen molar-refractivity contribution >= 4 is 39.1 Å². The number of nitrogens with zero attached hydrogens (tertiary/aromatic N) is 4. The van der Waals surface area contributed by atoms with Gasteiger partial charge in [0.05, 0.1) is 40.0 Å². The maximum Gasteiger partial charge on any atom is 0.437 e. The van der Waals surface area contributed by atoms with Gasteiger partial charge in [0.25, 0.3) is 5.91 Å². The predicted molar refractivity (Wildman–Crippen MR) is 88.8 cm³/mol. The SMILES string of the molecule is CCOC1CC(n2cc(N(Br)C(=O)c3cscn3)c(C(F)(F)F)n2)C1. The van der Waals surface area contributed by atoms with Gasteiger partial charge in [-0.25, -0.2) is 8.91 Å². The summed E-state index contributed by atoms with van der Waals surface area (Å²) in [6, 6.07) is -0.179. The normalized spacial score (nSPS) is 20.4. The third-order valence-corrected chi connectivity index (χ3v) is 5.16. The van der Waals surface area contributed by atoms with Crippen LogP contribution in [-0.4, -0.2) is 33.4 Å². The fraction of sp³-hybridized carbons (Fsp3) is 0.500. The highest BCUT2D eigenvalue weighted by Crippen LogP contribution is 2.41. The van der Waals surface area contributed by atoms with Gasteiger partial charge in [-0.2, -0.15) is 18.3 Å². The fourth-order valence-corrected chi connectivity index (χ4v) is 3.54. The summed E-state index contributed by atoms with van der Waals surface area (Å²) in [4.78, 5) is 16.1. The van der Waals surface area contributed by atoms with Crippen LogP contribution in [0.4, 0.5) is 18.9 Å². The van der Waals surface area contributed by atoms with Gasteiger partial charge in [-0.1, -0.05) is 0 Å². The number of thiazole rings is 1. The first-order valence-corrected chi connectivity index (χ1v) is 9.12. The largest absolute Gasteiger partial charge is 0.437 e. The summed E-state index contributed by atoms with van der Waals surface area (Å²) in [6.07, 6.45) is -2.23. The number of ether oxygens (including phenoxy) is 1. The number of hydrogen-bond donors (Lipinski definition) is 0. The Balaban J connectivity index is 1.86. The Morgan fingerprint density at radius 2 is 2.24 bits per heavy atom. The third-order valence-electron chi connectivity index (χ3n) is 3.87. The van der Waals surface area contributed by atoms with Crippen LogP contribution in [0.25, 0.3) is 0 Å². The molecule has 0 saturated heterocycles. The molecule has 1 fully saturated rings. The van der Waals surface area contributed by atoms with E-state index in [0.29, 0.717) is 19.4 Å². The summed E-state index contributed by atoms with van der Waals surface area (Å²) < 4.78 is 47.5. The second kappa shape index (κ2) is 7.04. The summed E-state index contributed by atoms with van der Waals surface area (Å²) in [6.45, 7) is 2.43. The second-order valence-electron chi connectivity index (χ2n) is 5.50. The molecule has 0 spiro atoms. The molecule has 1 amide bonds. The van der Waals surface area contributed by atoms with Gasteiger partial charge < -0.3 is 4.74 Å². The Kier molecular flexibility index (Phi) is 5.16. The number of rotatable bonds is 5. The van der Waals surface area contributed by atoms with Crippen LogP contribution in [0.1, 0.15) is 42.0 Å². The van der Waals surface area contributed by atoms with Gasteiger partial charge in [-0.05, 0) is 19.8 Å². The van der Waals surface area contributed by atoms with E-state index in [1.165, 1.54) is 33.1 Å². The Hall–Kier alpha value is -1.46. The molecule has 3 rings (SSSR count). The van der Waals surface area contributed by atoms with Gasteiger partial charge in [-0.15, -0.1) is 11.3 Å². The number of carbonyl (C=O) groups is 1. The fourth-order valence-electron chi connectivity index (χ4n) is 2.57. The molecule has 0 radical (unpaired) electrons. The van der Waals surface area contributed by atoms with Gasteiger partial charge in [0.1, 0.15) is 11.4 Å². The number of hydrogen-bond acceptors (Lipinski definition) is 5. The number of amides is 1. The van der Waals surface area contributed by atoms with Gasteiger partial charge in [0.2, 0.25) is 0 Å². The van der Waals surface area contributed by atoms with Crippen molar-refractivity contribution in [1.29, 1.82) is 0 Å². The van der Waals surface area contributed by atoms with E-state index in [0.717, 1.165) is 3.93 Å². The Bertz CT molecular complexity index is 744. The number of halogens is 4. The van der Waals surface area contributed by atoms with Crippen molar-refractivity contribution in [3.8, 4) is 0 Å².